The number of hydrogen-bond donors (Lipinski definition) is 2. The predicted octanol–water partition coefficient (Wildman–Crippen LogP) is 3.86. The third-order valence-corrected chi connectivity index (χ3v) is 3.50. The van der Waals surface area contributed by atoms with Gasteiger partial charge >= 0.3 is 0 Å². The molecule has 2 N–H and O–H groups in total. The molecule has 2 aromatic rings. The number of benzene rings is 2. The Morgan fingerprint density at radius 1 is 1.05 bits per heavy atom. The van der Waals surface area contributed by atoms with Gasteiger partial charge in [-0.05, 0) is 31.9 Å². The number of nitrogens with one attached hydrogen (secondary N) is 1. The maximum Gasteiger partial charge on any atom is 0.122 e. The lowest BCUT2D eigenvalue weighted by molar-refractivity contribution is 0.456. The van der Waals surface area contributed by atoms with Crippen LogP contribution in [0.4, 0.5) is 0 Å². The zero-order valence-corrected chi connectivity index (χ0v) is 11.8. The lowest BCUT2D eigenvalue weighted by Crippen LogP contribution is -2.18. The summed E-state index contributed by atoms with van der Waals surface area (Å²) >= 11 is 0. The van der Waals surface area contributed by atoms with Gasteiger partial charge in [-0.15, -0.1) is 0 Å². The molecule has 2 rings (SSSR count). The molecule has 0 saturated heterocycles. The number of rotatable bonds is 4. The molecule has 2 nitrogen and oxygen atoms in total. The van der Waals surface area contributed by atoms with Crippen LogP contribution in [0.3, 0.4) is 0 Å². The molecule has 100 valence electrons. The number of aryl methyl sites for hydroxylation is 2. The SMILES string of the molecule is Cc1ccc([C@@H](C)NCc2cccc(C)c2O)cc1. The van der Waals surface area contributed by atoms with Crippen molar-refractivity contribution in [2.24, 2.45) is 0 Å². The van der Waals surface area contributed by atoms with Crippen molar-refractivity contribution in [1.29, 1.82) is 0 Å². The maximum atomic E-state index is 9.98. The molecule has 0 bridgehead atoms. The first-order chi connectivity index (χ1) is 9.08. The third-order valence-electron chi connectivity index (χ3n) is 3.50. The molecule has 0 spiro atoms. The Bertz CT molecular complexity index is 546. The molecular formula is C17H21NO. The molecule has 0 amide bonds. The molecule has 0 aliphatic rings. The summed E-state index contributed by atoms with van der Waals surface area (Å²) in [4.78, 5) is 0. The monoisotopic (exact) mass is 255 g/mol. The van der Waals surface area contributed by atoms with Crippen molar-refractivity contribution in [3.63, 3.8) is 0 Å². The van der Waals surface area contributed by atoms with Gasteiger partial charge in [0.25, 0.3) is 0 Å². The average molecular weight is 255 g/mol. The van der Waals surface area contributed by atoms with Crippen molar-refractivity contribution in [2.75, 3.05) is 0 Å². The van der Waals surface area contributed by atoms with E-state index in [1.807, 2.05) is 25.1 Å². The van der Waals surface area contributed by atoms with Gasteiger partial charge in [0.05, 0.1) is 0 Å². The Hall–Kier alpha value is -1.80. The Labute approximate surface area is 115 Å². The van der Waals surface area contributed by atoms with Crippen molar-refractivity contribution in [3.05, 3.63) is 64.7 Å². The number of phenolic OH excluding ortho intramolecular Hbond substituents is 1. The van der Waals surface area contributed by atoms with Gasteiger partial charge in [0.2, 0.25) is 0 Å². The molecule has 19 heavy (non-hydrogen) atoms. The van der Waals surface area contributed by atoms with Crippen molar-refractivity contribution >= 4 is 0 Å². The second-order valence-electron chi connectivity index (χ2n) is 5.10. The summed E-state index contributed by atoms with van der Waals surface area (Å²) in [5, 5.41) is 13.4. The molecule has 0 aromatic heterocycles. The topological polar surface area (TPSA) is 32.3 Å². The van der Waals surface area contributed by atoms with Crippen LogP contribution in [0.2, 0.25) is 0 Å². The first kappa shape index (κ1) is 13.6. The highest BCUT2D eigenvalue weighted by Crippen LogP contribution is 2.22. The summed E-state index contributed by atoms with van der Waals surface area (Å²) in [5.74, 6) is 0.395. The van der Waals surface area contributed by atoms with E-state index in [9.17, 15) is 5.11 Å². The summed E-state index contributed by atoms with van der Waals surface area (Å²) in [6, 6.07) is 14.6. The predicted molar refractivity (Wildman–Crippen MR) is 79.3 cm³/mol. The minimum absolute atomic E-state index is 0.264. The standard InChI is InChI=1S/C17H21NO/c1-12-7-9-15(10-8-12)14(3)18-11-16-6-4-5-13(2)17(16)19/h4-10,14,18-19H,11H2,1-3H3/t14-/m1/s1. The van der Waals surface area contributed by atoms with Gasteiger partial charge in [-0.2, -0.15) is 0 Å². The summed E-state index contributed by atoms with van der Waals surface area (Å²) in [5.41, 5.74) is 4.39. The number of aromatic hydroxyl groups is 1. The van der Waals surface area contributed by atoms with Gasteiger partial charge in [-0.3, -0.25) is 0 Å². The van der Waals surface area contributed by atoms with Crippen LogP contribution in [0.1, 0.15) is 35.2 Å². The molecule has 2 aromatic carbocycles. The fourth-order valence-electron chi connectivity index (χ4n) is 2.10. The van der Waals surface area contributed by atoms with Crippen molar-refractivity contribution < 1.29 is 5.11 Å². The second kappa shape index (κ2) is 5.89. The van der Waals surface area contributed by atoms with Gasteiger partial charge in [-0.25, -0.2) is 0 Å². The lowest BCUT2D eigenvalue weighted by Gasteiger charge is -2.15. The van der Waals surface area contributed by atoms with E-state index in [1.165, 1.54) is 11.1 Å². The van der Waals surface area contributed by atoms with Crippen LogP contribution in [-0.4, -0.2) is 5.11 Å². The first-order valence-electron chi connectivity index (χ1n) is 6.65. The maximum absolute atomic E-state index is 9.98. The largest absolute Gasteiger partial charge is 0.507 e. The van der Waals surface area contributed by atoms with E-state index in [0.29, 0.717) is 12.3 Å². The fourth-order valence-corrected chi connectivity index (χ4v) is 2.10. The zero-order chi connectivity index (χ0) is 13.8. The molecule has 0 unspecified atom stereocenters. The highest BCUT2D eigenvalue weighted by molar-refractivity contribution is 5.39. The summed E-state index contributed by atoms with van der Waals surface area (Å²) in [7, 11) is 0. The zero-order valence-electron chi connectivity index (χ0n) is 11.8. The summed E-state index contributed by atoms with van der Waals surface area (Å²) in [6.45, 7) is 6.81. The van der Waals surface area contributed by atoms with Crippen LogP contribution in [0.5, 0.6) is 5.75 Å². The quantitative estimate of drug-likeness (QED) is 0.869. The van der Waals surface area contributed by atoms with Crippen molar-refractivity contribution in [3.8, 4) is 5.75 Å². The van der Waals surface area contributed by atoms with Crippen LogP contribution < -0.4 is 5.32 Å². The smallest absolute Gasteiger partial charge is 0.122 e. The minimum atomic E-state index is 0.264. The molecule has 0 fully saturated rings. The lowest BCUT2D eigenvalue weighted by atomic mass is 10.1. The van der Waals surface area contributed by atoms with Crippen LogP contribution >= 0.6 is 0 Å². The molecule has 0 saturated carbocycles. The van der Waals surface area contributed by atoms with E-state index >= 15 is 0 Å². The van der Waals surface area contributed by atoms with Crippen LogP contribution in [0.15, 0.2) is 42.5 Å². The van der Waals surface area contributed by atoms with E-state index in [-0.39, 0.29) is 6.04 Å². The molecule has 1 atom stereocenters. The van der Waals surface area contributed by atoms with Gasteiger partial charge in [0, 0.05) is 18.2 Å². The molecule has 0 aliphatic carbocycles. The Balaban J connectivity index is 2.02. The first-order valence-corrected chi connectivity index (χ1v) is 6.65. The molecule has 0 radical (unpaired) electrons. The highest BCUT2D eigenvalue weighted by atomic mass is 16.3. The highest BCUT2D eigenvalue weighted by Gasteiger charge is 2.07. The van der Waals surface area contributed by atoms with Crippen LogP contribution in [0, 0.1) is 13.8 Å². The van der Waals surface area contributed by atoms with Crippen molar-refractivity contribution in [2.45, 2.75) is 33.4 Å². The fraction of sp³-hybridized carbons (Fsp3) is 0.294. The number of phenols is 1. The summed E-state index contributed by atoms with van der Waals surface area (Å²) < 4.78 is 0. The van der Waals surface area contributed by atoms with E-state index in [4.69, 9.17) is 0 Å². The third kappa shape index (κ3) is 3.36. The normalized spacial score (nSPS) is 12.4. The van der Waals surface area contributed by atoms with Gasteiger partial charge in [-0.1, -0.05) is 48.0 Å². The van der Waals surface area contributed by atoms with Crippen LogP contribution in [0.25, 0.3) is 0 Å². The molecule has 0 heterocycles. The molecule has 2 heteroatoms. The van der Waals surface area contributed by atoms with E-state index in [1.54, 1.807) is 0 Å². The number of hydrogen-bond acceptors (Lipinski definition) is 2. The van der Waals surface area contributed by atoms with E-state index in [0.717, 1.165) is 11.1 Å². The minimum Gasteiger partial charge on any atom is -0.507 e. The summed E-state index contributed by atoms with van der Waals surface area (Å²) in [6.07, 6.45) is 0. The van der Waals surface area contributed by atoms with Gasteiger partial charge < -0.3 is 10.4 Å². The van der Waals surface area contributed by atoms with Gasteiger partial charge in [0.1, 0.15) is 5.75 Å². The Morgan fingerprint density at radius 3 is 2.42 bits per heavy atom. The average Bonchev–Trinajstić information content (AvgIpc) is 2.41. The van der Waals surface area contributed by atoms with Crippen molar-refractivity contribution in [1.82, 2.24) is 5.32 Å². The van der Waals surface area contributed by atoms with Crippen LogP contribution in [-0.2, 0) is 6.54 Å². The molecule has 0 aliphatic heterocycles. The Morgan fingerprint density at radius 2 is 1.74 bits per heavy atom. The molecular weight excluding hydrogens is 234 g/mol. The Kier molecular flexibility index (Phi) is 4.23. The second-order valence-corrected chi connectivity index (χ2v) is 5.10. The number of para-hydroxylation sites is 1. The van der Waals surface area contributed by atoms with E-state index in [2.05, 4.69) is 43.4 Å². The van der Waals surface area contributed by atoms with E-state index < -0.39 is 0 Å². The van der Waals surface area contributed by atoms with Gasteiger partial charge in [0.15, 0.2) is 0 Å².